The van der Waals surface area contributed by atoms with E-state index in [4.69, 9.17) is 0 Å². The van der Waals surface area contributed by atoms with Crippen LogP contribution in [0, 0.1) is 6.92 Å². The molecule has 0 fully saturated rings. The molecule has 142 valence electrons. The van der Waals surface area contributed by atoms with Crippen LogP contribution in [0.2, 0.25) is 0 Å². The second kappa shape index (κ2) is 7.15. The molecule has 1 atom stereocenters. The van der Waals surface area contributed by atoms with Crippen LogP contribution in [0.25, 0.3) is 0 Å². The predicted octanol–water partition coefficient (Wildman–Crippen LogP) is 2.60. The number of aryl methyl sites for hydroxylation is 1. The van der Waals surface area contributed by atoms with Crippen LogP contribution in [0.3, 0.4) is 0 Å². The van der Waals surface area contributed by atoms with E-state index < -0.39 is 10.0 Å². The fourth-order valence-electron chi connectivity index (χ4n) is 3.04. The summed E-state index contributed by atoms with van der Waals surface area (Å²) in [7, 11) is -0.267. The highest BCUT2D eigenvalue weighted by molar-refractivity contribution is 7.90. The van der Waals surface area contributed by atoms with Crippen LogP contribution >= 0.6 is 0 Å². The maximum atomic E-state index is 12.7. The largest absolute Gasteiger partial charge is 0.349 e. The first kappa shape index (κ1) is 19.1. The first-order chi connectivity index (χ1) is 12.7. The van der Waals surface area contributed by atoms with Crippen LogP contribution in [0.5, 0.6) is 0 Å². The van der Waals surface area contributed by atoms with Gasteiger partial charge in [-0.15, -0.1) is 4.40 Å². The van der Waals surface area contributed by atoms with E-state index in [1.807, 2.05) is 38.1 Å². The summed E-state index contributed by atoms with van der Waals surface area (Å²) >= 11 is 0. The van der Waals surface area contributed by atoms with E-state index in [0.29, 0.717) is 11.4 Å². The van der Waals surface area contributed by atoms with Gasteiger partial charge in [0.05, 0.1) is 12.6 Å². The summed E-state index contributed by atoms with van der Waals surface area (Å²) in [5, 5.41) is 0. The monoisotopic (exact) mass is 385 g/mol. The lowest BCUT2D eigenvalue weighted by molar-refractivity contribution is -0.131. The van der Waals surface area contributed by atoms with Gasteiger partial charge in [-0.2, -0.15) is 8.42 Å². The van der Waals surface area contributed by atoms with Crippen molar-refractivity contribution >= 4 is 21.8 Å². The Morgan fingerprint density at radius 2 is 1.70 bits per heavy atom. The molecule has 1 aliphatic heterocycles. The summed E-state index contributed by atoms with van der Waals surface area (Å²) in [5.74, 6) is 0.186. The second-order valence-electron chi connectivity index (χ2n) is 6.83. The quantitative estimate of drug-likeness (QED) is 0.811. The molecule has 1 heterocycles. The molecule has 1 unspecified atom stereocenters. The third-order valence-electron chi connectivity index (χ3n) is 4.88. The third kappa shape index (κ3) is 3.73. The molecule has 0 aromatic heterocycles. The van der Waals surface area contributed by atoms with Crippen LogP contribution in [0.15, 0.2) is 57.8 Å². The zero-order valence-electron chi connectivity index (χ0n) is 15.9. The van der Waals surface area contributed by atoms with Gasteiger partial charge in [0, 0.05) is 19.7 Å². The Morgan fingerprint density at radius 1 is 1.07 bits per heavy atom. The number of hydrogen-bond donors (Lipinski definition) is 0. The highest BCUT2D eigenvalue weighted by atomic mass is 32.2. The van der Waals surface area contributed by atoms with Crippen LogP contribution in [0.1, 0.15) is 29.7 Å². The van der Waals surface area contributed by atoms with Crippen molar-refractivity contribution in [2.24, 2.45) is 4.40 Å². The first-order valence-corrected chi connectivity index (χ1v) is 10.1. The number of amidine groups is 1. The number of hydrogen-bond acceptors (Lipinski definition) is 4. The minimum Gasteiger partial charge on any atom is -0.349 e. The molecule has 3 rings (SSSR count). The van der Waals surface area contributed by atoms with E-state index in [1.54, 1.807) is 42.1 Å². The third-order valence-corrected chi connectivity index (χ3v) is 6.21. The predicted molar refractivity (Wildman–Crippen MR) is 105 cm³/mol. The number of likely N-dealkylation sites (N-methyl/N-ethyl adjacent to an activating group) is 2. The summed E-state index contributed by atoms with van der Waals surface area (Å²) < 4.78 is 28.3. The van der Waals surface area contributed by atoms with E-state index in [-0.39, 0.29) is 23.4 Å². The topological polar surface area (TPSA) is 70.1 Å². The molecule has 0 aliphatic carbocycles. The van der Waals surface area contributed by atoms with E-state index >= 15 is 0 Å². The molecular weight excluding hydrogens is 362 g/mol. The molecule has 2 aromatic rings. The van der Waals surface area contributed by atoms with Gasteiger partial charge in [-0.25, -0.2) is 0 Å². The number of amides is 1. The molecule has 2 aromatic carbocycles. The van der Waals surface area contributed by atoms with Crippen LogP contribution in [-0.4, -0.2) is 50.6 Å². The van der Waals surface area contributed by atoms with Gasteiger partial charge >= 0.3 is 0 Å². The molecule has 0 N–H and O–H groups in total. The molecule has 0 saturated heterocycles. The molecule has 0 radical (unpaired) electrons. The number of sulfonamides is 1. The molecular formula is C20H23N3O3S. The van der Waals surface area contributed by atoms with Crippen molar-refractivity contribution < 1.29 is 13.2 Å². The smallest absolute Gasteiger partial charge is 0.285 e. The number of nitrogens with zero attached hydrogens (tertiary/aromatic N) is 3. The molecule has 27 heavy (non-hydrogen) atoms. The fraction of sp³-hybridized carbons (Fsp3) is 0.300. The van der Waals surface area contributed by atoms with Crippen molar-refractivity contribution in [1.82, 2.24) is 9.80 Å². The molecule has 0 saturated carbocycles. The summed E-state index contributed by atoms with van der Waals surface area (Å²) in [4.78, 5) is 16.2. The maximum absolute atomic E-state index is 12.7. The number of benzene rings is 2. The van der Waals surface area contributed by atoms with Gasteiger partial charge in [-0.05, 0) is 31.5 Å². The Bertz CT molecular complexity index is 997. The molecule has 1 aliphatic rings. The Balaban J connectivity index is 1.75. The molecule has 0 spiro atoms. The van der Waals surface area contributed by atoms with Crippen molar-refractivity contribution in [3.63, 3.8) is 0 Å². The van der Waals surface area contributed by atoms with Crippen molar-refractivity contribution in [1.29, 1.82) is 0 Å². The SMILES string of the molecule is Cc1ccc(C(C)N(C)C(=O)CN(C)C2=NS(=O)(=O)c3ccccc32)cc1. The first-order valence-electron chi connectivity index (χ1n) is 8.68. The lowest BCUT2D eigenvalue weighted by Crippen LogP contribution is -2.40. The number of carbonyl (C=O) groups is 1. The highest BCUT2D eigenvalue weighted by Crippen LogP contribution is 2.27. The zero-order chi connectivity index (χ0) is 19.8. The molecule has 6 nitrogen and oxygen atoms in total. The van der Waals surface area contributed by atoms with Crippen molar-refractivity contribution in [2.45, 2.75) is 24.8 Å². The van der Waals surface area contributed by atoms with Gasteiger partial charge < -0.3 is 9.80 Å². The zero-order valence-corrected chi connectivity index (χ0v) is 16.7. The van der Waals surface area contributed by atoms with E-state index in [0.717, 1.165) is 5.56 Å². The maximum Gasteiger partial charge on any atom is 0.285 e. The highest BCUT2D eigenvalue weighted by Gasteiger charge is 2.31. The van der Waals surface area contributed by atoms with E-state index in [1.165, 1.54) is 11.6 Å². The normalized spacial score (nSPS) is 15.6. The summed E-state index contributed by atoms with van der Waals surface area (Å²) in [6.45, 7) is 4.03. The Kier molecular flexibility index (Phi) is 5.06. The summed E-state index contributed by atoms with van der Waals surface area (Å²) in [5.41, 5.74) is 2.74. The average molecular weight is 385 g/mol. The Morgan fingerprint density at radius 3 is 2.37 bits per heavy atom. The molecule has 0 bridgehead atoms. The van der Waals surface area contributed by atoms with Gasteiger partial charge in [-0.3, -0.25) is 4.79 Å². The number of fused-ring (bicyclic) bond motifs is 1. The Hall–Kier alpha value is -2.67. The summed E-state index contributed by atoms with van der Waals surface area (Å²) in [6.07, 6.45) is 0. The van der Waals surface area contributed by atoms with Crippen LogP contribution < -0.4 is 0 Å². The molecule has 7 heteroatoms. The second-order valence-corrected chi connectivity index (χ2v) is 8.41. The fourth-order valence-corrected chi connectivity index (χ4v) is 4.29. The summed E-state index contributed by atoms with van der Waals surface area (Å²) in [6, 6.07) is 14.6. The van der Waals surface area contributed by atoms with Crippen molar-refractivity contribution in [3.8, 4) is 0 Å². The number of carbonyl (C=O) groups excluding carboxylic acids is 1. The van der Waals surface area contributed by atoms with Gasteiger partial charge in [0.1, 0.15) is 4.90 Å². The minimum absolute atomic E-state index is 0.0371. The standard InChI is InChI=1S/C20H23N3O3S/c1-14-9-11-16(12-10-14)15(2)23(4)19(24)13-22(3)20-17-7-5-6-8-18(17)27(25,26)21-20/h5-12,15H,13H2,1-4H3. The van der Waals surface area contributed by atoms with Gasteiger partial charge in [0.15, 0.2) is 5.84 Å². The van der Waals surface area contributed by atoms with Crippen LogP contribution in [0.4, 0.5) is 0 Å². The van der Waals surface area contributed by atoms with E-state index in [2.05, 4.69) is 4.40 Å². The van der Waals surface area contributed by atoms with Crippen LogP contribution in [-0.2, 0) is 14.8 Å². The number of rotatable bonds is 4. The van der Waals surface area contributed by atoms with E-state index in [9.17, 15) is 13.2 Å². The lowest BCUT2D eigenvalue weighted by atomic mass is 10.1. The minimum atomic E-state index is -3.70. The van der Waals surface area contributed by atoms with Gasteiger partial charge in [0.25, 0.3) is 10.0 Å². The lowest BCUT2D eigenvalue weighted by Gasteiger charge is -2.28. The Labute approximate surface area is 160 Å². The van der Waals surface area contributed by atoms with Gasteiger partial charge in [-0.1, -0.05) is 42.0 Å². The average Bonchev–Trinajstić information content (AvgIpc) is 2.93. The van der Waals surface area contributed by atoms with Crippen molar-refractivity contribution in [3.05, 3.63) is 65.2 Å². The van der Waals surface area contributed by atoms with Gasteiger partial charge in [0.2, 0.25) is 5.91 Å². The molecule has 1 amide bonds. The van der Waals surface area contributed by atoms with Crippen molar-refractivity contribution in [2.75, 3.05) is 20.6 Å².